The molecule has 1 aliphatic heterocycles. The highest BCUT2D eigenvalue weighted by Gasteiger charge is 2.49. The standard InChI is InChI=1S/C30H33BrN8O/c1-19-5-4-10-39(16-19)17-21-11-25(36-27-24(31)15-33-26(21)27)28(40)35-23-7-3-6-22(12-23)30(13-20(14-30)8-9-32)29-37-34-18-38(29)2/h3,6-7,11-12,15,18-20,33H,4-5,8,10,13-14,16-17H2,1-2H3,(H,35,40)/t19-,20?,30?/m0/s1. The summed E-state index contributed by atoms with van der Waals surface area (Å²) >= 11 is 3.60. The summed E-state index contributed by atoms with van der Waals surface area (Å²) in [6.45, 7) is 5.19. The quantitative estimate of drug-likeness (QED) is 0.287. The van der Waals surface area contributed by atoms with Crippen LogP contribution in [-0.2, 0) is 19.0 Å². The number of halogens is 1. The summed E-state index contributed by atoms with van der Waals surface area (Å²) in [6, 6.07) is 12.2. The molecule has 1 saturated heterocycles. The molecule has 1 saturated carbocycles. The lowest BCUT2D eigenvalue weighted by atomic mass is 9.57. The Bertz CT molecular complexity index is 1590. The van der Waals surface area contributed by atoms with E-state index in [0.717, 1.165) is 64.9 Å². The highest BCUT2D eigenvalue weighted by atomic mass is 79.9. The third-order valence-corrected chi connectivity index (χ3v) is 9.11. The lowest BCUT2D eigenvalue weighted by molar-refractivity contribution is 0.102. The van der Waals surface area contributed by atoms with Gasteiger partial charge in [-0.25, -0.2) is 4.98 Å². The van der Waals surface area contributed by atoms with Crippen molar-refractivity contribution in [2.75, 3.05) is 18.4 Å². The highest BCUT2D eigenvalue weighted by Crippen LogP contribution is 2.53. The van der Waals surface area contributed by atoms with Crippen LogP contribution in [0.25, 0.3) is 11.0 Å². The van der Waals surface area contributed by atoms with Gasteiger partial charge in [0.2, 0.25) is 0 Å². The summed E-state index contributed by atoms with van der Waals surface area (Å²) in [4.78, 5) is 24.1. The van der Waals surface area contributed by atoms with Gasteiger partial charge < -0.3 is 14.9 Å². The van der Waals surface area contributed by atoms with Gasteiger partial charge >= 0.3 is 0 Å². The maximum absolute atomic E-state index is 13.6. The van der Waals surface area contributed by atoms with Crippen LogP contribution in [0, 0.1) is 23.2 Å². The number of nitrogens with one attached hydrogen (secondary N) is 2. The van der Waals surface area contributed by atoms with E-state index in [9.17, 15) is 10.1 Å². The number of benzene rings is 1. The number of fused-ring (bicyclic) bond motifs is 1. The molecule has 206 valence electrons. The maximum atomic E-state index is 13.6. The number of likely N-dealkylation sites (tertiary alicyclic amines) is 1. The van der Waals surface area contributed by atoms with Crippen LogP contribution < -0.4 is 5.32 Å². The molecular formula is C30H33BrN8O. The largest absolute Gasteiger partial charge is 0.358 e. The van der Waals surface area contributed by atoms with Gasteiger partial charge in [-0.05, 0) is 89.3 Å². The van der Waals surface area contributed by atoms with Crippen molar-refractivity contribution in [3.05, 3.63) is 70.0 Å². The minimum absolute atomic E-state index is 0.246. The van der Waals surface area contributed by atoms with Gasteiger partial charge in [0.1, 0.15) is 23.4 Å². The smallest absolute Gasteiger partial charge is 0.274 e. The first-order valence-corrected chi connectivity index (χ1v) is 14.7. The number of carbonyl (C=O) groups excluding carboxylic acids is 1. The molecule has 6 rings (SSSR count). The number of hydrogen-bond acceptors (Lipinski definition) is 6. The normalized spacial score (nSPS) is 23.1. The van der Waals surface area contributed by atoms with E-state index in [0.29, 0.717) is 29.6 Å². The number of piperidine rings is 1. The Morgan fingerprint density at radius 1 is 1.32 bits per heavy atom. The fourth-order valence-corrected chi connectivity index (χ4v) is 7.00. The van der Waals surface area contributed by atoms with Crippen LogP contribution >= 0.6 is 15.9 Å². The first-order chi connectivity index (χ1) is 19.4. The van der Waals surface area contributed by atoms with Crippen molar-refractivity contribution >= 4 is 38.6 Å². The van der Waals surface area contributed by atoms with E-state index in [2.05, 4.69) is 60.4 Å². The number of carbonyl (C=O) groups is 1. The lowest BCUT2D eigenvalue weighted by Gasteiger charge is -2.46. The Hall–Kier alpha value is -3.55. The Morgan fingerprint density at radius 3 is 2.92 bits per heavy atom. The second kappa shape index (κ2) is 10.8. The highest BCUT2D eigenvalue weighted by molar-refractivity contribution is 9.10. The van der Waals surface area contributed by atoms with Crippen LogP contribution in [0.15, 0.2) is 47.3 Å². The number of aryl methyl sites for hydroxylation is 1. The number of aromatic nitrogens is 5. The summed E-state index contributed by atoms with van der Waals surface area (Å²) in [7, 11) is 1.95. The molecule has 10 heteroatoms. The van der Waals surface area contributed by atoms with E-state index in [-0.39, 0.29) is 11.3 Å². The fraction of sp³-hybridized carbons (Fsp3) is 0.433. The predicted octanol–water partition coefficient (Wildman–Crippen LogP) is 5.55. The summed E-state index contributed by atoms with van der Waals surface area (Å²) in [5.74, 6) is 1.62. The maximum Gasteiger partial charge on any atom is 0.274 e. The topological polar surface area (TPSA) is 116 Å². The van der Waals surface area contributed by atoms with Crippen molar-refractivity contribution in [1.29, 1.82) is 5.26 Å². The molecule has 2 N–H and O–H groups in total. The van der Waals surface area contributed by atoms with E-state index in [4.69, 9.17) is 4.98 Å². The van der Waals surface area contributed by atoms with Crippen LogP contribution in [0.2, 0.25) is 0 Å². The van der Waals surface area contributed by atoms with Crippen LogP contribution in [0.4, 0.5) is 5.69 Å². The number of hydrogen-bond donors (Lipinski definition) is 2. The summed E-state index contributed by atoms with van der Waals surface area (Å²) < 4.78 is 2.79. The molecule has 1 atom stereocenters. The van der Waals surface area contributed by atoms with Crippen molar-refractivity contribution < 1.29 is 4.79 Å². The number of aromatic amines is 1. The van der Waals surface area contributed by atoms with E-state index in [1.54, 1.807) is 6.33 Å². The SMILES string of the molecule is C[C@H]1CCCN(Cc2cc(C(=O)Nc3cccc(C4(c5nncn5C)CC(CC#N)C4)c3)nc3c(Br)c[nH]c23)C1. The van der Waals surface area contributed by atoms with Gasteiger partial charge in [-0.2, -0.15) is 5.26 Å². The van der Waals surface area contributed by atoms with E-state index >= 15 is 0 Å². The number of pyridine rings is 1. The van der Waals surface area contributed by atoms with Crippen molar-refractivity contribution in [2.24, 2.45) is 18.9 Å². The molecule has 0 unspecified atom stereocenters. The molecular weight excluding hydrogens is 568 g/mol. The Labute approximate surface area is 242 Å². The number of nitrogens with zero attached hydrogens (tertiary/aromatic N) is 6. The monoisotopic (exact) mass is 600 g/mol. The zero-order valence-electron chi connectivity index (χ0n) is 22.8. The minimum Gasteiger partial charge on any atom is -0.358 e. The van der Waals surface area contributed by atoms with Crippen LogP contribution in [0.3, 0.4) is 0 Å². The molecule has 4 aromatic rings. The Balaban J connectivity index is 1.28. The van der Waals surface area contributed by atoms with Gasteiger partial charge in [0, 0.05) is 38.4 Å². The zero-order chi connectivity index (χ0) is 27.9. The Kier molecular flexibility index (Phi) is 7.19. The molecule has 2 aliphatic rings. The van der Waals surface area contributed by atoms with Gasteiger partial charge in [0.25, 0.3) is 5.91 Å². The molecule has 4 heterocycles. The number of rotatable bonds is 7. The molecule has 1 amide bonds. The van der Waals surface area contributed by atoms with Gasteiger partial charge in [0.05, 0.1) is 21.5 Å². The molecule has 9 nitrogen and oxygen atoms in total. The fourth-order valence-electron chi connectivity index (χ4n) is 6.60. The lowest BCUT2D eigenvalue weighted by Crippen LogP contribution is -2.44. The minimum atomic E-state index is -0.334. The third-order valence-electron chi connectivity index (χ3n) is 8.50. The molecule has 1 aliphatic carbocycles. The van der Waals surface area contributed by atoms with Gasteiger partial charge in [-0.15, -0.1) is 10.2 Å². The molecule has 0 radical (unpaired) electrons. The van der Waals surface area contributed by atoms with Gasteiger partial charge in [-0.3, -0.25) is 9.69 Å². The van der Waals surface area contributed by atoms with Crippen LogP contribution in [-0.4, -0.2) is 48.6 Å². The van der Waals surface area contributed by atoms with Gasteiger partial charge in [-0.1, -0.05) is 19.1 Å². The second-order valence-corrected chi connectivity index (χ2v) is 12.4. The van der Waals surface area contributed by atoms with Gasteiger partial charge in [0.15, 0.2) is 0 Å². The van der Waals surface area contributed by atoms with Crippen molar-refractivity contribution in [3.8, 4) is 6.07 Å². The Morgan fingerprint density at radius 2 is 2.17 bits per heavy atom. The molecule has 2 fully saturated rings. The summed E-state index contributed by atoms with van der Waals surface area (Å²) in [5, 5.41) is 20.9. The molecule has 3 aromatic heterocycles. The van der Waals surface area contributed by atoms with Crippen LogP contribution in [0.5, 0.6) is 0 Å². The first kappa shape index (κ1) is 26.7. The van der Waals surface area contributed by atoms with E-state index in [1.165, 1.54) is 12.8 Å². The first-order valence-electron chi connectivity index (χ1n) is 13.9. The molecule has 0 bridgehead atoms. The van der Waals surface area contributed by atoms with E-state index in [1.807, 2.05) is 42.1 Å². The molecule has 40 heavy (non-hydrogen) atoms. The average Bonchev–Trinajstić information content (AvgIpc) is 3.52. The number of nitriles is 1. The van der Waals surface area contributed by atoms with Crippen LogP contribution in [0.1, 0.15) is 66.5 Å². The molecule has 0 spiro atoms. The third kappa shape index (κ3) is 4.93. The average molecular weight is 602 g/mol. The van der Waals surface area contributed by atoms with Crippen molar-refractivity contribution in [3.63, 3.8) is 0 Å². The van der Waals surface area contributed by atoms with Crippen molar-refractivity contribution in [1.82, 2.24) is 29.6 Å². The second-order valence-electron chi connectivity index (χ2n) is 11.5. The summed E-state index contributed by atoms with van der Waals surface area (Å²) in [5.41, 5.74) is 4.62. The van der Waals surface area contributed by atoms with E-state index < -0.39 is 0 Å². The number of H-pyrrole nitrogens is 1. The number of amides is 1. The zero-order valence-corrected chi connectivity index (χ0v) is 24.4. The molecule has 1 aromatic carbocycles. The predicted molar refractivity (Wildman–Crippen MR) is 157 cm³/mol. The number of anilines is 1. The van der Waals surface area contributed by atoms with Crippen molar-refractivity contribution in [2.45, 2.75) is 51.0 Å². The summed E-state index contributed by atoms with van der Waals surface area (Å²) in [6.07, 6.45) is 8.22.